The van der Waals surface area contributed by atoms with Crippen molar-refractivity contribution < 1.29 is 4.39 Å². The molecule has 1 heterocycles. The summed E-state index contributed by atoms with van der Waals surface area (Å²) in [5, 5.41) is 8.93. The number of hydrogen-bond donors (Lipinski definition) is 0. The standard InChI is InChI=1S/C12H10FN3/c1-8-11(7-14)16(2)12(15-8)9-4-3-5-10(13)6-9/h3-6H,1-2H3. The molecule has 2 aromatic rings. The molecule has 16 heavy (non-hydrogen) atoms. The summed E-state index contributed by atoms with van der Waals surface area (Å²) in [6.07, 6.45) is 0. The van der Waals surface area contributed by atoms with Crippen molar-refractivity contribution in [3.05, 3.63) is 41.5 Å². The molecule has 0 amide bonds. The summed E-state index contributed by atoms with van der Waals surface area (Å²) in [4.78, 5) is 4.27. The van der Waals surface area contributed by atoms with Crippen LogP contribution in [0.1, 0.15) is 11.4 Å². The van der Waals surface area contributed by atoms with E-state index in [9.17, 15) is 4.39 Å². The third-order valence-corrected chi connectivity index (χ3v) is 2.46. The molecule has 0 unspecified atom stereocenters. The predicted octanol–water partition coefficient (Wildman–Crippen LogP) is 2.41. The van der Waals surface area contributed by atoms with Crippen molar-refractivity contribution in [2.24, 2.45) is 7.05 Å². The number of aromatic nitrogens is 2. The lowest BCUT2D eigenvalue weighted by Crippen LogP contribution is -1.95. The number of hydrogen-bond acceptors (Lipinski definition) is 2. The zero-order valence-corrected chi connectivity index (χ0v) is 9.03. The van der Waals surface area contributed by atoms with Crippen molar-refractivity contribution in [3.63, 3.8) is 0 Å². The quantitative estimate of drug-likeness (QED) is 0.733. The fraction of sp³-hybridized carbons (Fsp3) is 0.167. The average molecular weight is 215 g/mol. The molecule has 0 aliphatic heterocycles. The first-order chi connectivity index (χ1) is 7.63. The van der Waals surface area contributed by atoms with Gasteiger partial charge in [-0.3, -0.25) is 0 Å². The Morgan fingerprint density at radius 1 is 1.44 bits per heavy atom. The summed E-state index contributed by atoms with van der Waals surface area (Å²) in [7, 11) is 1.75. The number of nitrogens with zero attached hydrogens (tertiary/aromatic N) is 3. The fourth-order valence-electron chi connectivity index (χ4n) is 1.68. The van der Waals surface area contributed by atoms with Gasteiger partial charge in [-0.25, -0.2) is 9.37 Å². The smallest absolute Gasteiger partial charge is 0.143 e. The van der Waals surface area contributed by atoms with Crippen LogP contribution in [0, 0.1) is 24.1 Å². The van der Waals surface area contributed by atoms with Gasteiger partial charge >= 0.3 is 0 Å². The Hall–Kier alpha value is -2.15. The molecule has 0 radical (unpaired) electrons. The van der Waals surface area contributed by atoms with Gasteiger partial charge in [-0.15, -0.1) is 0 Å². The first-order valence-corrected chi connectivity index (χ1v) is 4.83. The Morgan fingerprint density at radius 2 is 2.19 bits per heavy atom. The van der Waals surface area contributed by atoms with Crippen molar-refractivity contribution in [3.8, 4) is 17.5 Å². The van der Waals surface area contributed by atoms with Gasteiger partial charge in [-0.05, 0) is 19.1 Å². The first-order valence-electron chi connectivity index (χ1n) is 4.83. The Kier molecular flexibility index (Phi) is 2.45. The number of imidazole rings is 1. The number of rotatable bonds is 1. The lowest BCUT2D eigenvalue weighted by molar-refractivity contribution is 0.628. The van der Waals surface area contributed by atoms with Crippen LogP contribution < -0.4 is 0 Å². The van der Waals surface area contributed by atoms with Crippen molar-refractivity contribution >= 4 is 0 Å². The van der Waals surface area contributed by atoms with E-state index in [0.29, 0.717) is 22.8 Å². The molecule has 0 N–H and O–H groups in total. The van der Waals surface area contributed by atoms with Gasteiger partial charge in [-0.2, -0.15) is 5.26 Å². The second kappa shape index (κ2) is 3.78. The van der Waals surface area contributed by atoms with Crippen LogP contribution >= 0.6 is 0 Å². The van der Waals surface area contributed by atoms with Gasteiger partial charge in [0.2, 0.25) is 0 Å². The summed E-state index contributed by atoms with van der Waals surface area (Å²) in [6.45, 7) is 1.77. The molecule has 0 fully saturated rings. The third kappa shape index (κ3) is 1.57. The van der Waals surface area contributed by atoms with Crippen LogP contribution in [0.2, 0.25) is 0 Å². The number of aryl methyl sites for hydroxylation is 1. The highest BCUT2D eigenvalue weighted by Gasteiger charge is 2.12. The summed E-state index contributed by atoms with van der Waals surface area (Å²) in [6, 6.07) is 8.26. The monoisotopic (exact) mass is 215 g/mol. The van der Waals surface area contributed by atoms with Crippen molar-refractivity contribution in [2.45, 2.75) is 6.92 Å². The Morgan fingerprint density at radius 3 is 2.75 bits per heavy atom. The van der Waals surface area contributed by atoms with Gasteiger partial charge in [-0.1, -0.05) is 12.1 Å². The van der Waals surface area contributed by atoms with Gasteiger partial charge in [0.05, 0.1) is 5.69 Å². The molecule has 0 aliphatic rings. The molecule has 1 aromatic carbocycles. The van der Waals surface area contributed by atoms with E-state index in [2.05, 4.69) is 11.1 Å². The van der Waals surface area contributed by atoms with Crippen LogP contribution in [-0.2, 0) is 7.05 Å². The molecule has 0 atom stereocenters. The molecule has 0 saturated heterocycles. The SMILES string of the molecule is Cc1nc(-c2cccc(F)c2)n(C)c1C#N. The van der Waals surface area contributed by atoms with Gasteiger partial charge in [0, 0.05) is 12.6 Å². The minimum Gasteiger partial charge on any atom is -0.319 e. The molecule has 0 aliphatic carbocycles. The predicted molar refractivity (Wildman–Crippen MR) is 58.1 cm³/mol. The van der Waals surface area contributed by atoms with E-state index in [4.69, 9.17) is 5.26 Å². The molecule has 2 rings (SSSR count). The second-order valence-corrected chi connectivity index (χ2v) is 3.55. The second-order valence-electron chi connectivity index (χ2n) is 3.55. The van der Waals surface area contributed by atoms with Crippen LogP contribution in [0.5, 0.6) is 0 Å². The van der Waals surface area contributed by atoms with Gasteiger partial charge < -0.3 is 4.57 Å². The fourth-order valence-corrected chi connectivity index (χ4v) is 1.68. The highest BCUT2D eigenvalue weighted by molar-refractivity contribution is 5.58. The third-order valence-electron chi connectivity index (χ3n) is 2.46. The highest BCUT2D eigenvalue weighted by Crippen LogP contribution is 2.21. The summed E-state index contributed by atoms with van der Waals surface area (Å²) >= 11 is 0. The Balaban J connectivity index is 2.62. The van der Waals surface area contributed by atoms with E-state index in [0.717, 1.165) is 0 Å². The normalized spacial score (nSPS) is 10.1. The topological polar surface area (TPSA) is 41.6 Å². The Labute approximate surface area is 92.8 Å². The van der Waals surface area contributed by atoms with Gasteiger partial charge in [0.25, 0.3) is 0 Å². The largest absolute Gasteiger partial charge is 0.319 e. The van der Waals surface area contributed by atoms with E-state index >= 15 is 0 Å². The van der Waals surface area contributed by atoms with Crippen LogP contribution in [0.15, 0.2) is 24.3 Å². The maximum Gasteiger partial charge on any atom is 0.143 e. The van der Waals surface area contributed by atoms with Gasteiger partial charge in [0.1, 0.15) is 23.4 Å². The molecular weight excluding hydrogens is 205 g/mol. The summed E-state index contributed by atoms with van der Waals surface area (Å²) in [5.41, 5.74) is 1.83. The van der Waals surface area contributed by atoms with E-state index in [-0.39, 0.29) is 5.82 Å². The summed E-state index contributed by atoms with van der Waals surface area (Å²) < 4.78 is 14.7. The van der Waals surface area contributed by atoms with E-state index in [1.807, 2.05) is 0 Å². The number of nitriles is 1. The highest BCUT2D eigenvalue weighted by atomic mass is 19.1. The lowest BCUT2D eigenvalue weighted by Gasteiger charge is -2.01. The van der Waals surface area contributed by atoms with Gasteiger partial charge in [0.15, 0.2) is 0 Å². The van der Waals surface area contributed by atoms with E-state index < -0.39 is 0 Å². The van der Waals surface area contributed by atoms with Crippen molar-refractivity contribution in [1.82, 2.24) is 9.55 Å². The van der Waals surface area contributed by atoms with Crippen LogP contribution in [0.4, 0.5) is 4.39 Å². The summed E-state index contributed by atoms with van der Waals surface area (Å²) in [5.74, 6) is 0.296. The maximum absolute atomic E-state index is 13.1. The molecule has 3 nitrogen and oxygen atoms in total. The zero-order valence-electron chi connectivity index (χ0n) is 9.03. The molecule has 0 saturated carbocycles. The molecule has 4 heteroatoms. The van der Waals surface area contributed by atoms with Crippen LogP contribution in [0.3, 0.4) is 0 Å². The molecular formula is C12H10FN3. The molecule has 80 valence electrons. The zero-order chi connectivity index (χ0) is 11.7. The van der Waals surface area contributed by atoms with Crippen molar-refractivity contribution in [2.75, 3.05) is 0 Å². The van der Waals surface area contributed by atoms with E-state index in [1.54, 1.807) is 30.7 Å². The van der Waals surface area contributed by atoms with Crippen LogP contribution in [0.25, 0.3) is 11.4 Å². The average Bonchev–Trinajstić information content (AvgIpc) is 2.54. The lowest BCUT2D eigenvalue weighted by atomic mass is 10.2. The molecule has 0 spiro atoms. The number of benzene rings is 1. The van der Waals surface area contributed by atoms with E-state index in [1.165, 1.54) is 12.1 Å². The maximum atomic E-state index is 13.1. The molecule has 1 aromatic heterocycles. The van der Waals surface area contributed by atoms with Crippen molar-refractivity contribution in [1.29, 1.82) is 5.26 Å². The molecule has 0 bridgehead atoms. The Bertz CT molecular complexity index is 578. The number of halogens is 1. The minimum atomic E-state index is -0.309. The minimum absolute atomic E-state index is 0.309. The first kappa shape index (κ1) is 10.4. The van der Waals surface area contributed by atoms with Crippen LogP contribution in [-0.4, -0.2) is 9.55 Å².